The molecule has 0 saturated carbocycles. The lowest BCUT2D eigenvalue weighted by Gasteiger charge is -2.32. The van der Waals surface area contributed by atoms with Gasteiger partial charge in [-0.05, 0) is 54.5 Å². The van der Waals surface area contributed by atoms with Crippen molar-refractivity contribution < 1.29 is 0 Å². The molecule has 0 aliphatic carbocycles. The topological polar surface area (TPSA) is 36.1 Å². The van der Waals surface area contributed by atoms with Crippen LogP contribution in [0.4, 0.5) is 0 Å². The van der Waals surface area contributed by atoms with Crippen LogP contribution in [0.2, 0.25) is 0 Å². The predicted octanol–water partition coefficient (Wildman–Crippen LogP) is 4.69. The molecule has 3 nitrogen and oxygen atoms in total. The summed E-state index contributed by atoms with van der Waals surface area (Å²) in [5.74, 6) is 0. The van der Waals surface area contributed by atoms with Gasteiger partial charge in [-0.25, -0.2) is 0 Å². The van der Waals surface area contributed by atoms with Crippen molar-refractivity contribution in [3.8, 4) is 0 Å². The average molecular weight is 344 g/mol. The van der Waals surface area contributed by atoms with E-state index in [1.165, 1.54) is 16.7 Å². The summed E-state index contributed by atoms with van der Waals surface area (Å²) in [5.41, 5.74) is 5.69. The monoisotopic (exact) mass is 344 g/mol. The van der Waals surface area contributed by atoms with Gasteiger partial charge in [0.25, 0.3) is 5.56 Å². The molecule has 0 fully saturated rings. The van der Waals surface area contributed by atoms with Crippen molar-refractivity contribution in [2.24, 2.45) is 0 Å². The number of aromatic nitrogens is 1. The lowest BCUT2D eigenvalue weighted by molar-refractivity contribution is 0.233. The van der Waals surface area contributed by atoms with Gasteiger partial charge in [-0.3, -0.25) is 9.69 Å². The minimum Gasteiger partial charge on any atom is -0.322 e. The van der Waals surface area contributed by atoms with Gasteiger partial charge >= 0.3 is 0 Å². The first-order valence-electron chi connectivity index (χ1n) is 9.24. The Kier molecular flexibility index (Phi) is 4.48. The normalized spacial score (nSPS) is 16.5. The lowest BCUT2D eigenvalue weighted by Crippen LogP contribution is -2.31. The Bertz CT molecular complexity index is 1020. The summed E-state index contributed by atoms with van der Waals surface area (Å²) in [7, 11) is 0. The highest BCUT2D eigenvalue weighted by molar-refractivity contribution is 5.79. The molecule has 1 atom stereocenters. The van der Waals surface area contributed by atoms with Gasteiger partial charge in [-0.15, -0.1) is 0 Å². The maximum absolute atomic E-state index is 11.9. The summed E-state index contributed by atoms with van der Waals surface area (Å²) in [6.45, 7) is 6.09. The second-order valence-electron chi connectivity index (χ2n) is 7.14. The SMILES string of the molecule is Cc1cc2ccc(C(C)N3CC=C(c4ccccc4)CC3)cc2[nH]c1=O. The van der Waals surface area contributed by atoms with Crippen LogP contribution in [0.3, 0.4) is 0 Å². The van der Waals surface area contributed by atoms with Crippen molar-refractivity contribution in [1.29, 1.82) is 0 Å². The van der Waals surface area contributed by atoms with Crippen LogP contribution in [0.1, 0.15) is 36.1 Å². The second-order valence-corrected chi connectivity index (χ2v) is 7.14. The number of nitrogens with zero attached hydrogens (tertiary/aromatic N) is 1. The van der Waals surface area contributed by atoms with E-state index in [0.29, 0.717) is 6.04 Å². The van der Waals surface area contributed by atoms with Crippen LogP contribution in [0.15, 0.2) is 65.5 Å². The van der Waals surface area contributed by atoms with Gasteiger partial charge in [0.2, 0.25) is 0 Å². The zero-order chi connectivity index (χ0) is 18.1. The number of H-pyrrole nitrogens is 1. The van der Waals surface area contributed by atoms with Gasteiger partial charge in [0.05, 0.1) is 0 Å². The molecular weight excluding hydrogens is 320 g/mol. The average Bonchev–Trinajstić information content (AvgIpc) is 2.69. The molecule has 0 bridgehead atoms. The maximum Gasteiger partial charge on any atom is 0.251 e. The van der Waals surface area contributed by atoms with Crippen LogP contribution in [0.25, 0.3) is 16.5 Å². The van der Waals surface area contributed by atoms with Crippen LogP contribution in [-0.4, -0.2) is 23.0 Å². The number of hydrogen-bond acceptors (Lipinski definition) is 2. The van der Waals surface area contributed by atoms with Crippen molar-refractivity contribution in [2.75, 3.05) is 13.1 Å². The number of benzene rings is 2. The maximum atomic E-state index is 11.9. The molecule has 2 aromatic carbocycles. The zero-order valence-corrected chi connectivity index (χ0v) is 15.3. The molecule has 1 N–H and O–H groups in total. The quantitative estimate of drug-likeness (QED) is 0.748. The first-order chi connectivity index (χ1) is 12.6. The highest BCUT2D eigenvalue weighted by Gasteiger charge is 2.19. The molecular formula is C23H24N2O. The summed E-state index contributed by atoms with van der Waals surface area (Å²) in [5, 5.41) is 1.09. The fourth-order valence-corrected chi connectivity index (χ4v) is 3.75. The summed E-state index contributed by atoms with van der Waals surface area (Å²) >= 11 is 0. The van der Waals surface area contributed by atoms with Crippen molar-refractivity contribution >= 4 is 16.5 Å². The minimum absolute atomic E-state index is 0.00397. The number of fused-ring (bicyclic) bond motifs is 1. The molecule has 1 aromatic heterocycles. The van der Waals surface area contributed by atoms with E-state index in [1.54, 1.807) is 0 Å². The van der Waals surface area contributed by atoms with E-state index in [4.69, 9.17) is 0 Å². The number of nitrogens with one attached hydrogen (secondary N) is 1. The van der Waals surface area contributed by atoms with Crippen LogP contribution in [-0.2, 0) is 0 Å². The fourth-order valence-electron chi connectivity index (χ4n) is 3.75. The molecule has 4 rings (SSSR count). The summed E-state index contributed by atoms with van der Waals surface area (Å²) in [6.07, 6.45) is 3.42. The summed E-state index contributed by atoms with van der Waals surface area (Å²) in [4.78, 5) is 17.4. The zero-order valence-electron chi connectivity index (χ0n) is 15.3. The van der Waals surface area contributed by atoms with Crippen LogP contribution in [0, 0.1) is 6.92 Å². The Labute approximate surface area is 154 Å². The molecule has 0 radical (unpaired) electrons. The molecule has 2 heterocycles. The smallest absolute Gasteiger partial charge is 0.251 e. The molecule has 26 heavy (non-hydrogen) atoms. The highest BCUT2D eigenvalue weighted by atomic mass is 16.1. The Hall–Kier alpha value is -2.65. The minimum atomic E-state index is -0.00397. The second kappa shape index (κ2) is 6.93. The standard InChI is InChI=1S/C23H24N2O/c1-16-14-21-9-8-20(15-22(21)24-23(16)26)17(2)25-12-10-19(11-13-25)18-6-4-3-5-7-18/h3-10,14-15,17H,11-13H2,1-2H3,(H,24,26). The molecule has 0 amide bonds. The molecule has 132 valence electrons. The Morgan fingerprint density at radius 3 is 2.62 bits per heavy atom. The molecule has 0 saturated heterocycles. The van der Waals surface area contributed by atoms with E-state index in [1.807, 2.05) is 13.0 Å². The van der Waals surface area contributed by atoms with Crippen molar-refractivity contribution in [2.45, 2.75) is 26.3 Å². The van der Waals surface area contributed by atoms with Gasteiger partial charge in [-0.2, -0.15) is 0 Å². The number of aromatic amines is 1. The Morgan fingerprint density at radius 1 is 1.08 bits per heavy atom. The predicted molar refractivity (Wildman–Crippen MR) is 108 cm³/mol. The third-order valence-corrected chi connectivity index (χ3v) is 5.47. The van der Waals surface area contributed by atoms with Gasteiger partial charge in [0, 0.05) is 30.2 Å². The molecule has 1 aliphatic heterocycles. The summed E-state index contributed by atoms with van der Waals surface area (Å²) in [6, 6.07) is 19.3. The Balaban J connectivity index is 1.56. The van der Waals surface area contributed by atoms with Crippen molar-refractivity contribution in [3.63, 3.8) is 0 Å². The van der Waals surface area contributed by atoms with Crippen molar-refractivity contribution in [1.82, 2.24) is 9.88 Å². The largest absolute Gasteiger partial charge is 0.322 e. The molecule has 1 aliphatic rings. The number of pyridine rings is 1. The fraction of sp³-hybridized carbons (Fsp3) is 0.261. The van der Waals surface area contributed by atoms with E-state index in [9.17, 15) is 4.79 Å². The molecule has 3 aromatic rings. The van der Waals surface area contributed by atoms with E-state index in [-0.39, 0.29) is 5.56 Å². The third kappa shape index (κ3) is 3.23. The van der Waals surface area contributed by atoms with Gasteiger partial charge in [-0.1, -0.05) is 48.5 Å². The number of hydrogen-bond donors (Lipinski definition) is 1. The van der Waals surface area contributed by atoms with Gasteiger partial charge in [0.1, 0.15) is 0 Å². The lowest BCUT2D eigenvalue weighted by atomic mass is 9.97. The molecule has 1 unspecified atom stereocenters. The van der Waals surface area contributed by atoms with Crippen LogP contribution < -0.4 is 5.56 Å². The highest BCUT2D eigenvalue weighted by Crippen LogP contribution is 2.29. The third-order valence-electron chi connectivity index (χ3n) is 5.47. The van der Waals surface area contributed by atoms with Crippen LogP contribution >= 0.6 is 0 Å². The molecule has 3 heteroatoms. The van der Waals surface area contributed by atoms with E-state index in [2.05, 4.69) is 71.4 Å². The van der Waals surface area contributed by atoms with Crippen LogP contribution in [0.5, 0.6) is 0 Å². The Morgan fingerprint density at radius 2 is 1.88 bits per heavy atom. The van der Waals surface area contributed by atoms with E-state index in [0.717, 1.165) is 36.0 Å². The first kappa shape index (κ1) is 16.8. The van der Waals surface area contributed by atoms with Gasteiger partial charge in [0.15, 0.2) is 0 Å². The summed E-state index contributed by atoms with van der Waals surface area (Å²) < 4.78 is 0. The van der Waals surface area contributed by atoms with Gasteiger partial charge < -0.3 is 4.98 Å². The first-order valence-corrected chi connectivity index (χ1v) is 9.24. The number of rotatable bonds is 3. The van der Waals surface area contributed by atoms with E-state index >= 15 is 0 Å². The molecule has 0 spiro atoms. The van der Waals surface area contributed by atoms with E-state index < -0.39 is 0 Å². The van der Waals surface area contributed by atoms with Crippen molar-refractivity contribution in [3.05, 3.63) is 87.7 Å². The number of aryl methyl sites for hydroxylation is 1.